The van der Waals surface area contributed by atoms with Crippen LogP contribution in [0.25, 0.3) is 10.9 Å². The molecular weight excluding hydrogens is 284 g/mol. The van der Waals surface area contributed by atoms with E-state index in [1.165, 1.54) is 16.5 Å². The zero-order valence-electron chi connectivity index (χ0n) is 13.8. The fourth-order valence-corrected chi connectivity index (χ4v) is 3.15. The SMILES string of the molecule is CCOc1ccc2c(C(CCNC)c3ccccc3)c[nH]c2c1. The van der Waals surface area contributed by atoms with Gasteiger partial charge in [0.25, 0.3) is 0 Å². The fourth-order valence-electron chi connectivity index (χ4n) is 3.15. The minimum Gasteiger partial charge on any atom is -0.494 e. The third-order valence-electron chi connectivity index (χ3n) is 4.26. The summed E-state index contributed by atoms with van der Waals surface area (Å²) < 4.78 is 5.60. The summed E-state index contributed by atoms with van der Waals surface area (Å²) in [6.45, 7) is 3.69. The number of rotatable bonds is 7. The number of fused-ring (bicyclic) bond motifs is 1. The highest BCUT2D eigenvalue weighted by atomic mass is 16.5. The van der Waals surface area contributed by atoms with Crippen LogP contribution in [0, 0.1) is 0 Å². The van der Waals surface area contributed by atoms with E-state index in [0.717, 1.165) is 24.2 Å². The molecule has 0 radical (unpaired) electrons. The van der Waals surface area contributed by atoms with Crippen LogP contribution in [0.5, 0.6) is 5.75 Å². The normalized spacial score (nSPS) is 12.4. The van der Waals surface area contributed by atoms with Crippen LogP contribution < -0.4 is 10.1 Å². The average molecular weight is 308 g/mol. The van der Waals surface area contributed by atoms with E-state index in [4.69, 9.17) is 4.74 Å². The van der Waals surface area contributed by atoms with Gasteiger partial charge < -0.3 is 15.0 Å². The summed E-state index contributed by atoms with van der Waals surface area (Å²) in [7, 11) is 2.01. The Kier molecular flexibility index (Phi) is 4.99. The summed E-state index contributed by atoms with van der Waals surface area (Å²) in [5, 5.41) is 4.55. The minimum atomic E-state index is 0.385. The first-order valence-corrected chi connectivity index (χ1v) is 8.27. The average Bonchev–Trinajstić information content (AvgIpc) is 3.00. The molecule has 0 saturated heterocycles. The van der Waals surface area contributed by atoms with Crippen molar-refractivity contribution < 1.29 is 4.74 Å². The quantitative estimate of drug-likeness (QED) is 0.682. The van der Waals surface area contributed by atoms with Gasteiger partial charge in [-0.05, 0) is 50.2 Å². The second-order valence-corrected chi connectivity index (χ2v) is 5.74. The van der Waals surface area contributed by atoms with E-state index in [1.807, 2.05) is 14.0 Å². The standard InChI is InChI=1S/C20H24N2O/c1-3-23-16-9-10-18-19(14-22-20(18)13-16)17(11-12-21-2)15-7-5-4-6-8-15/h4-10,13-14,17,21-22H,3,11-12H2,1-2H3. The number of ether oxygens (including phenoxy) is 1. The second-order valence-electron chi connectivity index (χ2n) is 5.74. The molecule has 1 heterocycles. The Hall–Kier alpha value is -2.26. The lowest BCUT2D eigenvalue weighted by molar-refractivity contribution is 0.340. The maximum Gasteiger partial charge on any atom is 0.121 e. The van der Waals surface area contributed by atoms with Crippen molar-refractivity contribution in [2.75, 3.05) is 20.2 Å². The summed E-state index contributed by atoms with van der Waals surface area (Å²) in [5.74, 6) is 1.30. The summed E-state index contributed by atoms with van der Waals surface area (Å²) in [6, 6.07) is 17.0. The monoisotopic (exact) mass is 308 g/mol. The van der Waals surface area contributed by atoms with Crippen LogP contribution in [0.3, 0.4) is 0 Å². The topological polar surface area (TPSA) is 37.0 Å². The van der Waals surface area contributed by atoms with Gasteiger partial charge in [-0.3, -0.25) is 0 Å². The molecule has 0 saturated carbocycles. The Balaban J connectivity index is 2.00. The Bertz CT molecular complexity index is 749. The van der Waals surface area contributed by atoms with E-state index in [2.05, 4.69) is 65.0 Å². The highest BCUT2D eigenvalue weighted by molar-refractivity contribution is 5.85. The van der Waals surface area contributed by atoms with Gasteiger partial charge in [0, 0.05) is 29.1 Å². The molecule has 3 heteroatoms. The molecule has 0 bridgehead atoms. The van der Waals surface area contributed by atoms with Crippen LogP contribution in [0.4, 0.5) is 0 Å². The van der Waals surface area contributed by atoms with E-state index >= 15 is 0 Å². The molecule has 23 heavy (non-hydrogen) atoms. The Morgan fingerprint density at radius 1 is 1.13 bits per heavy atom. The molecule has 0 spiro atoms. The third kappa shape index (κ3) is 3.40. The number of benzene rings is 2. The molecule has 120 valence electrons. The zero-order valence-corrected chi connectivity index (χ0v) is 13.8. The predicted molar refractivity (Wildman–Crippen MR) is 96.3 cm³/mol. The van der Waals surface area contributed by atoms with E-state index < -0.39 is 0 Å². The maximum atomic E-state index is 5.60. The van der Waals surface area contributed by atoms with Crippen molar-refractivity contribution in [3.05, 3.63) is 65.9 Å². The van der Waals surface area contributed by atoms with Gasteiger partial charge in [0.2, 0.25) is 0 Å². The van der Waals surface area contributed by atoms with Crippen molar-refractivity contribution in [1.29, 1.82) is 0 Å². The van der Waals surface area contributed by atoms with Crippen LogP contribution in [-0.4, -0.2) is 25.2 Å². The van der Waals surface area contributed by atoms with Crippen LogP contribution in [0.15, 0.2) is 54.7 Å². The number of aromatic amines is 1. The smallest absolute Gasteiger partial charge is 0.121 e. The number of hydrogen-bond acceptors (Lipinski definition) is 2. The highest BCUT2D eigenvalue weighted by Gasteiger charge is 2.17. The van der Waals surface area contributed by atoms with Crippen LogP contribution in [-0.2, 0) is 0 Å². The van der Waals surface area contributed by atoms with Crippen LogP contribution in [0.1, 0.15) is 30.4 Å². The molecule has 0 aliphatic carbocycles. The molecule has 3 nitrogen and oxygen atoms in total. The first-order chi connectivity index (χ1) is 11.3. The number of hydrogen-bond donors (Lipinski definition) is 2. The molecule has 1 aromatic heterocycles. The molecule has 2 N–H and O–H groups in total. The molecule has 3 rings (SSSR count). The van der Waals surface area contributed by atoms with Crippen molar-refractivity contribution in [3.63, 3.8) is 0 Å². The van der Waals surface area contributed by atoms with E-state index in [0.29, 0.717) is 12.5 Å². The molecule has 0 fully saturated rings. The Morgan fingerprint density at radius 2 is 1.96 bits per heavy atom. The lowest BCUT2D eigenvalue weighted by Crippen LogP contribution is -2.13. The number of aromatic nitrogens is 1. The first kappa shape index (κ1) is 15.6. The van der Waals surface area contributed by atoms with Crippen molar-refractivity contribution in [2.45, 2.75) is 19.3 Å². The predicted octanol–water partition coefficient (Wildman–Crippen LogP) is 4.31. The summed E-state index contributed by atoms with van der Waals surface area (Å²) in [5.41, 5.74) is 3.85. The molecule has 0 amide bonds. The first-order valence-electron chi connectivity index (χ1n) is 8.27. The van der Waals surface area contributed by atoms with Gasteiger partial charge in [0.1, 0.15) is 5.75 Å². The van der Waals surface area contributed by atoms with Crippen molar-refractivity contribution in [3.8, 4) is 5.75 Å². The number of nitrogens with one attached hydrogen (secondary N) is 2. The van der Waals surface area contributed by atoms with Gasteiger partial charge in [-0.25, -0.2) is 0 Å². The van der Waals surface area contributed by atoms with Crippen LogP contribution in [0.2, 0.25) is 0 Å². The molecule has 0 aliphatic rings. The van der Waals surface area contributed by atoms with Gasteiger partial charge in [0.05, 0.1) is 6.61 Å². The minimum absolute atomic E-state index is 0.385. The molecule has 1 atom stereocenters. The Labute approximate surface area is 137 Å². The summed E-state index contributed by atoms with van der Waals surface area (Å²) in [4.78, 5) is 3.41. The second kappa shape index (κ2) is 7.34. The Morgan fingerprint density at radius 3 is 2.70 bits per heavy atom. The molecular formula is C20H24N2O. The van der Waals surface area contributed by atoms with Crippen LogP contribution >= 0.6 is 0 Å². The van der Waals surface area contributed by atoms with E-state index in [1.54, 1.807) is 0 Å². The summed E-state index contributed by atoms with van der Waals surface area (Å²) >= 11 is 0. The largest absolute Gasteiger partial charge is 0.494 e. The van der Waals surface area contributed by atoms with Crippen molar-refractivity contribution >= 4 is 10.9 Å². The van der Waals surface area contributed by atoms with Gasteiger partial charge in [-0.1, -0.05) is 30.3 Å². The third-order valence-corrected chi connectivity index (χ3v) is 4.26. The van der Waals surface area contributed by atoms with E-state index in [-0.39, 0.29) is 0 Å². The van der Waals surface area contributed by atoms with Crippen molar-refractivity contribution in [1.82, 2.24) is 10.3 Å². The van der Waals surface area contributed by atoms with Gasteiger partial charge in [0.15, 0.2) is 0 Å². The van der Waals surface area contributed by atoms with Gasteiger partial charge in [-0.2, -0.15) is 0 Å². The van der Waals surface area contributed by atoms with E-state index in [9.17, 15) is 0 Å². The van der Waals surface area contributed by atoms with Gasteiger partial charge in [-0.15, -0.1) is 0 Å². The van der Waals surface area contributed by atoms with Crippen molar-refractivity contribution in [2.24, 2.45) is 0 Å². The van der Waals surface area contributed by atoms with Gasteiger partial charge >= 0.3 is 0 Å². The lowest BCUT2D eigenvalue weighted by Gasteiger charge is -2.17. The molecule has 2 aromatic carbocycles. The highest BCUT2D eigenvalue weighted by Crippen LogP contribution is 2.34. The summed E-state index contributed by atoms with van der Waals surface area (Å²) in [6.07, 6.45) is 3.22. The lowest BCUT2D eigenvalue weighted by atomic mass is 9.88. The molecule has 0 aliphatic heterocycles. The fraction of sp³-hybridized carbons (Fsp3) is 0.300. The number of H-pyrrole nitrogens is 1. The molecule has 1 unspecified atom stereocenters. The molecule has 3 aromatic rings. The zero-order chi connectivity index (χ0) is 16.1. The maximum absolute atomic E-state index is 5.60.